The third-order valence-electron chi connectivity index (χ3n) is 4.18. The SMILES string of the molecule is CCOCCn1/c(=N/S(=O)(=O)c2ccc(OC)cc2)sc2cc(OCC)ccc21. The van der Waals surface area contributed by atoms with Gasteiger partial charge in [0.1, 0.15) is 11.5 Å². The van der Waals surface area contributed by atoms with Gasteiger partial charge in [0.05, 0.1) is 35.4 Å². The molecule has 3 aromatic rings. The first-order valence-electron chi connectivity index (χ1n) is 9.27. The third kappa shape index (κ3) is 4.98. The number of methoxy groups -OCH3 is 1. The van der Waals surface area contributed by atoms with E-state index >= 15 is 0 Å². The molecular formula is C20H24N2O5S2. The molecule has 0 saturated carbocycles. The molecule has 0 atom stereocenters. The Morgan fingerprint density at radius 1 is 1.03 bits per heavy atom. The van der Waals surface area contributed by atoms with Crippen molar-refractivity contribution >= 4 is 31.6 Å². The summed E-state index contributed by atoms with van der Waals surface area (Å²) in [5.74, 6) is 1.32. The van der Waals surface area contributed by atoms with Crippen molar-refractivity contribution in [3.63, 3.8) is 0 Å². The highest BCUT2D eigenvalue weighted by atomic mass is 32.2. The Bertz CT molecular complexity index is 1130. The molecule has 156 valence electrons. The standard InChI is InChI=1S/C20H24N2O5S2/c1-4-26-13-12-22-18-11-8-16(27-5-2)14-19(18)28-20(22)21-29(23,24)17-9-6-15(25-3)7-10-17/h6-11,14H,4-5,12-13H2,1-3H3/b21-20-. The Morgan fingerprint density at radius 2 is 1.76 bits per heavy atom. The molecule has 9 heteroatoms. The minimum atomic E-state index is -3.87. The van der Waals surface area contributed by atoms with Gasteiger partial charge in [-0.2, -0.15) is 8.42 Å². The monoisotopic (exact) mass is 436 g/mol. The molecular weight excluding hydrogens is 412 g/mol. The maximum absolute atomic E-state index is 12.9. The minimum Gasteiger partial charge on any atom is -0.497 e. The zero-order valence-electron chi connectivity index (χ0n) is 16.6. The van der Waals surface area contributed by atoms with Crippen molar-refractivity contribution in [2.45, 2.75) is 25.3 Å². The average Bonchev–Trinajstić information content (AvgIpc) is 3.04. The van der Waals surface area contributed by atoms with Crippen LogP contribution in [0.15, 0.2) is 51.8 Å². The zero-order chi connectivity index (χ0) is 20.9. The number of hydrogen-bond donors (Lipinski definition) is 0. The summed E-state index contributed by atoms with van der Waals surface area (Å²) in [6.07, 6.45) is 0. The van der Waals surface area contributed by atoms with Crippen molar-refractivity contribution in [2.24, 2.45) is 4.40 Å². The molecule has 0 bridgehead atoms. The molecule has 29 heavy (non-hydrogen) atoms. The van der Waals surface area contributed by atoms with Crippen molar-refractivity contribution in [3.05, 3.63) is 47.3 Å². The van der Waals surface area contributed by atoms with E-state index in [2.05, 4.69) is 4.40 Å². The van der Waals surface area contributed by atoms with E-state index in [9.17, 15) is 8.42 Å². The lowest BCUT2D eigenvalue weighted by Crippen LogP contribution is -2.19. The van der Waals surface area contributed by atoms with Crippen LogP contribution in [0.3, 0.4) is 0 Å². The van der Waals surface area contributed by atoms with E-state index in [0.717, 1.165) is 16.0 Å². The second-order valence-electron chi connectivity index (χ2n) is 6.04. The summed E-state index contributed by atoms with van der Waals surface area (Å²) in [5, 5.41) is 0. The second kappa shape index (κ2) is 9.43. The van der Waals surface area contributed by atoms with Crippen LogP contribution in [0.4, 0.5) is 0 Å². The third-order valence-corrected chi connectivity index (χ3v) is 6.62. The van der Waals surface area contributed by atoms with Crippen molar-refractivity contribution in [2.75, 3.05) is 26.9 Å². The van der Waals surface area contributed by atoms with Gasteiger partial charge < -0.3 is 18.8 Å². The molecule has 0 fully saturated rings. The average molecular weight is 437 g/mol. The van der Waals surface area contributed by atoms with Crippen molar-refractivity contribution < 1.29 is 22.6 Å². The fourth-order valence-electron chi connectivity index (χ4n) is 2.80. The largest absolute Gasteiger partial charge is 0.497 e. The molecule has 0 aliphatic heterocycles. The molecule has 0 unspecified atom stereocenters. The van der Waals surface area contributed by atoms with E-state index in [4.69, 9.17) is 14.2 Å². The molecule has 1 aromatic heterocycles. The number of sulfonamides is 1. The molecule has 3 rings (SSSR count). The number of aromatic nitrogens is 1. The van der Waals surface area contributed by atoms with Crippen LogP contribution < -0.4 is 14.3 Å². The van der Waals surface area contributed by atoms with E-state index in [-0.39, 0.29) is 4.90 Å². The van der Waals surface area contributed by atoms with E-state index in [1.807, 2.05) is 36.6 Å². The lowest BCUT2D eigenvalue weighted by atomic mass is 10.3. The van der Waals surface area contributed by atoms with E-state index in [1.54, 1.807) is 12.1 Å². The highest BCUT2D eigenvalue weighted by Gasteiger charge is 2.15. The van der Waals surface area contributed by atoms with Crippen LogP contribution in [-0.4, -0.2) is 39.9 Å². The predicted octanol–water partition coefficient (Wildman–Crippen LogP) is 3.44. The molecule has 0 saturated heterocycles. The number of rotatable bonds is 9. The van der Waals surface area contributed by atoms with Gasteiger partial charge in [-0.05, 0) is 56.3 Å². The molecule has 0 aliphatic carbocycles. The van der Waals surface area contributed by atoms with Gasteiger partial charge >= 0.3 is 0 Å². The lowest BCUT2D eigenvalue weighted by molar-refractivity contribution is 0.139. The van der Waals surface area contributed by atoms with Crippen LogP contribution in [0.5, 0.6) is 11.5 Å². The number of ether oxygens (including phenoxy) is 3. The Hall–Kier alpha value is -2.36. The number of fused-ring (bicyclic) bond motifs is 1. The molecule has 1 heterocycles. The van der Waals surface area contributed by atoms with Crippen LogP contribution in [0.1, 0.15) is 13.8 Å². The number of hydrogen-bond acceptors (Lipinski definition) is 6. The molecule has 0 N–H and O–H groups in total. The van der Waals surface area contributed by atoms with Crippen LogP contribution in [0.2, 0.25) is 0 Å². The fourth-order valence-corrected chi connectivity index (χ4v) is 5.09. The van der Waals surface area contributed by atoms with E-state index in [1.165, 1.54) is 30.6 Å². The van der Waals surface area contributed by atoms with Gasteiger partial charge in [-0.25, -0.2) is 0 Å². The quantitative estimate of drug-likeness (QED) is 0.480. The smallest absolute Gasteiger partial charge is 0.285 e. The summed E-state index contributed by atoms with van der Waals surface area (Å²) in [4.78, 5) is 0.506. The van der Waals surface area contributed by atoms with Crippen LogP contribution in [-0.2, 0) is 21.3 Å². The highest BCUT2D eigenvalue weighted by Crippen LogP contribution is 2.24. The molecule has 0 spiro atoms. The molecule has 0 radical (unpaired) electrons. The summed E-state index contributed by atoms with van der Waals surface area (Å²) in [6, 6.07) is 11.9. The Balaban J connectivity index is 2.10. The number of benzene rings is 2. The fraction of sp³-hybridized carbons (Fsp3) is 0.350. The molecule has 7 nitrogen and oxygen atoms in total. The Kier molecular flexibility index (Phi) is 6.94. The van der Waals surface area contributed by atoms with Crippen LogP contribution in [0.25, 0.3) is 10.2 Å². The molecule has 0 amide bonds. The summed E-state index contributed by atoms with van der Waals surface area (Å²) in [7, 11) is -2.34. The van der Waals surface area contributed by atoms with Gasteiger partial charge in [0.25, 0.3) is 10.0 Å². The van der Waals surface area contributed by atoms with Crippen molar-refractivity contribution in [1.82, 2.24) is 4.57 Å². The predicted molar refractivity (Wildman–Crippen MR) is 113 cm³/mol. The van der Waals surface area contributed by atoms with Gasteiger partial charge in [-0.3, -0.25) is 0 Å². The Labute approximate surface area is 174 Å². The first-order valence-corrected chi connectivity index (χ1v) is 11.5. The maximum atomic E-state index is 12.9. The number of thiazole rings is 1. The zero-order valence-corrected chi connectivity index (χ0v) is 18.3. The van der Waals surface area contributed by atoms with Gasteiger partial charge in [-0.1, -0.05) is 11.3 Å². The van der Waals surface area contributed by atoms with Crippen LogP contribution >= 0.6 is 11.3 Å². The first kappa shape index (κ1) is 21.4. The summed E-state index contributed by atoms with van der Waals surface area (Å²) >= 11 is 1.31. The molecule has 2 aromatic carbocycles. The first-order chi connectivity index (χ1) is 14.0. The van der Waals surface area contributed by atoms with Gasteiger partial charge in [0, 0.05) is 13.2 Å². The number of nitrogens with zero attached hydrogens (tertiary/aromatic N) is 2. The van der Waals surface area contributed by atoms with E-state index < -0.39 is 10.0 Å². The normalized spacial score (nSPS) is 12.4. The van der Waals surface area contributed by atoms with E-state index in [0.29, 0.717) is 36.9 Å². The lowest BCUT2D eigenvalue weighted by Gasteiger charge is -2.07. The van der Waals surface area contributed by atoms with Gasteiger partial charge in [-0.15, -0.1) is 4.40 Å². The minimum absolute atomic E-state index is 0.113. The highest BCUT2D eigenvalue weighted by molar-refractivity contribution is 7.90. The van der Waals surface area contributed by atoms with Crippen molar-refractivity contribution in [1.29, 1.82) is 0 Å². The van der Waals surface area contributed by atoms with Crippen molar-refractivity contribution in [3.8, 4) is 11.5 Å². The second-order valence-corrected chi connectivity index (χ2v) is 8.65. The molecule has 0 aliphatic rings. The summed E-state index contributed by atoms with van der Waals surface area (Å²) < 4.78 is 48.7. The summed E-state index contributed by atoms with van der Waals surface area (Å²) in [5.41, 5.74) is 0.891. The van der Waals surface area contributed by atoms with Crippen LogP contribution in [0, 0.1) is 0 Å². The topological polar surface area (TPSA) is 79.1 Å². The summed E-state index contributed by atoms with van der Waals surface area (Å²) in [6.45, 7) is 5.95. The van der Waals surface area contributed by atoms with Gasteiger partial charge in [0.15, 0.2) is 0 Å². The van der Waals surface area contributed by atoms with Gasteiger partial charge in [0.2, 0.25) is 4.80 Å². The Morgan fingerprint density at radius 3 is 2.41 bits per heavy atom. The maximum Gasteiger partial charge on any atom is 0.285 e.